The molecule has 1 amide bonds. The molecule has 0 aliphatic rings. The molecule has 0 bridgehead atoms. The number of hydrogen-bond donors (Lipinski definition) is 1. The Bertz CT molecular complexity index is 251. The third kappa shape index (κ3) is 15.8. The van der Waals surface area contributed by atoms with Gasteiger partial charge in [0.15, 0.2) is 0 Å². The van der Waals surface area contributed by atoms with Gasteiger partial charge in [0.2, 0.25) is 0 Å². The number of amides is 1. The van der Waals surface area contributed by atoms with Crippen molar-refractivity contribution in [1.82, 2.24) is 5.32 Å². The largest absolute Gasteiger partial charge is 0.433 e. The maximum Gasteiger partial charge on any atom is 0.433 e. The smallest absolute Gasteiger partial charge is 0.323 e. The van der Waals surface area contributed by atoms with Gasteiger partial charge in [-0.3, -0.25) is 4.84 Å². The van der Waals surface area contributed by atoms with Gasteiger partial charge in [0.05, 0.1) is 6.21 Å². The zero-order valence-electron chi connectivity index (χ0n) is 10.3. The minimum absolute atomic E-state index is 0.103. The molecule has 0 radical (unpaired) electrons. The average Bonchev–Trinajstić information content (AvgIpc) is 2.16. The summed E-state index contributed by atoms with van der Waals surface area (Å²) in [6, 6.07) is 0. The van der Waals surface area contributed by atoms with E-state index in [2.05, 4.69) is 21.9 Å². The maximum absolute atomic E-state index is 10.5. The van der Waals surface area contributed by atoms with Crippen LogP contribution >= 0.6 is 23.4 Å². The van der Waals surface area contributed by atoms with E-state index in [1.807, 2.05) is 20.1 Å². The van der Waals surface area contributed by atoms with E-state index in [4.69, 9.17) is 11.6 Å². The van der Waals surface area contributed by atoms with Crippen LogP contribution in [0.4, 0.5) is 4.79 Å². The van der Waals surface area contributed by atoms with Crippen LogP contribution in [0.25, 0.3) is 0 Å². The molecule has 1 N–H and O–H groups in total. The number of carbonyl (C=O) groups excluding carboxylic acids is 1. The first-order valence-electron chi connectivity index (χ1n) is 4.54. The first-order chi connectivity index (χ1) is 7.25. The molecular weight excluding hydrogens is 248 g/mol. The SMILES string of the molecule is C=C(C)Cl.CNC(=O)O/N=C/C(C)(C)SC. The van der Waals surface area contributed by atoms with Gasteiger partial charge in [-0.1, -0.05) is 23.3 Å². The fraction of sp³-hybridized carbons (Fsp3) is 0.600. The molecule has 0 saturated heterocycles. The average molecular weight is 267 g/mol. The van der Waals surface area contributed by atoms with Crippen molar-refractivity contribution in [3.05, 3.63) is 11.6 Å². The first kappa shape index (κ1) is 17.7. The minimum Gasteiger partial charge on any atom is -0.323 e. The highest BCUT2D eigenvalue weighted by atomic mass is 35.5. The van der Waals surface area contributed by atoms with Crippen molar-refractivity contribution in [3.8, 4) is 0 Å². The van der Waals surface area contributed by atoms with Crippen LogP contribution in [-0.2, 0) is 4.84 Å². The zero-order chi connectivity index (χ0) is 13.2. The summed E-state index contributed by atoms with van der Waals surface area (Å²) in [5.41, 5.74) is 0. The van der Waals surface area contributed by atoms with Crippen LogP contribution in [0.15, 0.2) is 16.8 Å². The standard InChI is InChI=1S/C7H14N2O2S.C3H5Cl/c1-7(2,12-4)5-9-11-6(10)8-3;1-3(2)4/h5H,1-4H3,(H,8,10);1H2,2H3/b9-5+;. The molecule has 94 valence electrons. The number of rotatable bonds is 3. The Kier molecular flexibility index (Phi) is 10.6. The summed E-state index contributed by atoms with van der Waals surface area (Å²) in [4.78, 5) is 15.0. The molecule has 0 saturated carbocycles. The van der Waals surface area contributed by atoms with E-state index in [0.717, 1.165) is 0 Å². The highest BCUT2D eigenvalue weighted by Crippen LogP contribution is 2.17. The number of nitrogens with one attached hydrogen (secondary N) is 1. The van der Waals surface area contributed by atoms with Crippen LogP contribution in [0.2, 0.25) is 0 Å². The van der Waals surface area contributed by atoms with E-state index >= 15 is 0 Å². The molecule has 0 aromatic rings. The Morgan fingerprint density at radius 3 is 2.38 bits per heavy atom. The van der Waals surface area contributed by atoms with Crippen LogP contribution in [0, 0.1) is 0 Å². The van der Waals surface area contributed by atoms with Crippen LogP contribution in [0.3, 0.4) is 0 Å². The van der Waals surface area contributed by atoms with Gasteiger partial charge in [-0.15, -0.1) is 0 Å². The van der Waals surface area contributed by atoms with E-state index in [0.29, 0.717) is 5.03 Å². The molecule has 0 aromatic carbocycles. The molecule has 0 rings (SSSR count). The van der Waals surface area contributed by atoms with Crippen molar-refractivity contribution in [3.63, 3.8) is 0 Å². The normalized spacial score (nSPS) is 10.4. The topological polar surface area (TPSA) is 50.7 Å². The summed E-state index contributed by atoms with van der Waals surface area (Å²) in [6.45, 7) is 9.02. The zero-order valence-corrected chi connectivity index (χ0v) is 11.9. The van der Waals surface area contributed by atoms with Crippen molar-refractivity contribution in [2.75, 3.05) is 13.3 Å². The van der Waals surface area contributed by atoms with Gasteiger partial charge in [-0.2, -0.15) is 11.8 Å². The predicted molar refractivity (Wildman–Crippen MR) is 72.3 cm³/mol. The van der Waals surface area contributed by atoms with E-state index in [9.17, 15) is 4.79 Å². The summed E-state index contributed by atoms with van der Waals surface area (Å²) in [5.74, 6) is 0. The molecular formula is C10H19ClN2O2S. The van der Waals surface area contributed by atoms with E-state index < -0.39 is 6.09 Å². The molecule has 0 heterocycles. The predicted octanol–water partition coefficient (Wildman–Crippen LogP) is 3.23. The molecule has 0 aliphatic heterocycles. The molecule has 6 heteroatoms. The van der Waals surface area contributed by atoms with Gasteiger partial charge in [0.1, 0.15) is 0 Å². The van der Waals surface area contributed by atoms with Gasteiger partial charge < -0.3 is 5.32 Å². The minimum atomic E-state index is -0.553. The third-order valence-corrected chi connectivity index (χ3v) is 2.39. The number of nitrogens with zero attached hydrogens (tertiary/aromatic N) is 1. The molecule has 4 nitrogen and oxygen atoms in total. The van der Waals surface area contributed by atoms with E-state index in [-0.39, 0.29) is 4.75 Å². The van der Waals surface area contributed by atoms with Crippen LogP contribution in [0.1, 0.15) is 20.8 Å². The number of allylic oxidation sites excluding steroid dienone is 1. The molecule has 0 atom stereocenters. The number of carbonyl (C=O) groups is 1. The maximum atomic E-state index is 10.5. The van der Waals surface area contributed by atoms with Crippen LogP contribution < -0.4 is 5.32 Å². The summed E-state index contributed by atoms with van der Waals surface area (Å²) in [6.07, 6.45) is 3.00. The Morgan fingerprint density at radius 1 is 1.62 bits per heavy atom. The highest BCUT2D eigenvalue weighted by molar-refractivity contribution is 8.00. The van der Waals surface area contributed by atoms with Crippen molar-refractivity contribution in [2.45, 2.75) is 25.5 Å². The Labute approximate surface area is 106 Å². The van der Waals surface area contributed by atoms with Crippen molar-refractivity contribution < 1.29 is 9.63 Å². The summed E-state index contributed by atoms with van der Waals surface area (Å²) >= 11 is 6.71. The monoisotopic (exact) mass is 266 g/mol. The number of hydrogen-bond acceptors (Lipinski definition) is 4. The molecule has 0 spiro atoms. The van der Waals surface area contributed by atoms with Gasteiger partial charge in [-0.05, 0) is 27.0 Å². The van der Waals surface area contributed by atoms with Crippen LogP contribution in [-0.4, -0.2) is 30.4 Å². The lowest BCUT2D eigenvalue weighted by Crippen LogP contribution is -2.19. The Balaban J connectivity index is 0. The van der Waals surface area contributed by atoms with E-state index in [1.54, 1.807) is 24.9 Å². The van der Waals surface area contributed by atoms with Crippen LogP contribution in [0.5, 0.6) is 0 Å². The van der Waals surface area contributed by atoms with E-state index in [1.165, 1.54) is 7.05 Å². The molecule has 0 fully saturated rings. The first-order valence-corrected chi connectivity index (χ1v) is 6.15. The van der Waals surface area contributed by atoms with Crippen molar-refractivity contribution >= 4 is 35.7 Å². The lowest BCUT2D eigenvalue weighted by atomic mass is 10.2. The second kappa shape index (κ2) is 9.54. The third-order valence-electron chi connectivity index (χ3n) is 1.23. The fourth-order valence-electron chi connectivity index (χ4n) is 0.299. The second-order valence-corrected chi connectivity index (χ2v) is 5.45. The number of thioether (sulfide) groups is 1. The Hall–Kier alpha value is -0.680. The quantitative estimate of drug-likeness (QED) is 0.485. The second-order valence-electron chi connectivity index (χ2n) is 3.35. The number of oxime groups is 1. The summed E-state index contributed by atoms with van der Waals surface area (Å²) < 4.78 is -0.103. The van der Waals surface area contributed by atoms with Gasteiger partial charge in [0, 0.05) is 16.8 Å². The fourth-order valence-corrected chi connectivity index (χ4v) is 0.448. The lowest BCUT2D eigenvalue weighted by molar-refractivity contribution is 0.153. The number of halogens is 1. The molecule has 16 heavy (non-hydrogen) atoms. The molecule has 0 unspecified atom stereocenters. The Morgan fingerprint density at radius 2 is 2.06 bits per heavy atom. The van der Waals surface area contributed by atoms with Gasteiger partial charge in [0.25, 0.3) is 0 Å². The summed E-state index contributed by atoms with van der Waals surface area (Å²) in [5, 5.41) is 6.45. The van der Waals surface area contributed by atoms with Gasteiger partial charge in [-0.25, -0.2) is 4.79 Å². The highest BCUT2D eigenvalue weighted by Gasteiger charge is 2.12. The summed E-state index contributed by atoms with van der Waals surface area (Å²) in [7, 11) is 1.48. The van der Waals surface area contributed by atoms with Crippen molar-refractivity contribution in [2.24, 2.45) is 5.16 Å². The molecule has 0 aliphatic carbocycles. The lowest BCUT2D eigenvalue weighted by Gasteiger charge is -2.13. The molecule has 0 aromatic heterocycles. The van der Waals surface area contributed by atoms with Gasteiger partial charge >= 0.3 is 6.09 Å². The van der Waals surface area contributed by atoms with Crippen molar-refractivity contribution in [1.29, 1.82) is 0 Å².